The third-order valence-electron chi connectivity index (χ3n) is 17.8. The molecule has 18 atom stereocenters. The summed E-state index contributed by atoms with van der Waals surface area (Å²) in [6, 6.07) is -0.386. The molecule has 21 N–H and O–H groups in total. The maximum atomic E-state index is 16.1. The van der Waals surface area contributed by atoms with Gasteiger partial charge in [0.25, 0.3) is 0 Å². The van der Waals surface area contributed by atoms with Crippen LogP contribution in [0.5, 0.6) is 46.0 Å². The Kier molecular flexibility index (Phi) is 22.2. The maximum Gasteiger partial charge on any atom is 0.330 e. The number of primary amides is 1. The molecule has 11 bridgehead atoms. The average Bonchev–Trinajstić information content (AvgIpc) is 0.770. The van der Waals surface area contributed by atoms with E-state index in [0.717, 1.165) is 54.6 Å². The highest BCUT2D eigenvalue weighted by atomic mass is 35.5. The van der Waals surface area contributed by atoms with Gasteiger partial charge in [0.2, 0.25) is 53.4 Å². The number of fused-ring (bicyclic) bond motifs is 15. The molecule has 0 spiro atoms. The SMILES string of the molecule is CN[C@H](CC(C)C)C(=O)N[C@H]1C(=O)N[C@@H](CC(N)=O)C(=O)N[C@H]2C(=O)N[C@H]3C(=O)N[C@H](C(=O)N[C@H](C(=O)O)c4cc(O)cc(O)c4-c4cc3ccc4O)[C@H](O[C@@H]3C[C@](C)(N)[C@@H](O)[C@H](C)O3)c3ccc(c(Cl)c3)Oc3cc2cc(c3O[C@@H]2O[C@H](CO)[C@@H](O)[C@H](O)[C@H]2O)Oc2ccc(cc2Cl)[C@H]1O. The molecule has 0 aliphatic carbocycles. The summed E-state index contributed by atoms with van der Waals surface area (Å²) in [4.78, 5) is 118. The minimum Gasteiger partial charge on any atom is -0.508 e. The number of ether oxygens (including phenoxy) is 6. The topological polar surface area (TPSA) is 530 Å². The number of aliphatic hydroxyl groups excluding tert-OH is 6. The minimum atomic E-state index is -2.35. The minimum absolute atomic E-state index is 0.0953. The van der Waals surface area contributed by atoms with Crippen LogP contribution in [-0.2, 0) is 52.6 Å². The fourth-order valence-electron chi connectivity index (χ4n) is 12.5. The van der Waals surface area contributed by atoms with Gasteiger partial charge in [0.05, 0.1) is 41.3 Å². The fourth-order valence-corrected chi connectivity index (χ4v) is 12.9. The van der Waals surface area contributed by atoms with Gasteiger partial charge in [-0.15, -0.1) is 0 Å². The van der Waals surface area contributed by atoms with Gasteiger partial charge in [0, 0.05) is 34.7 Å². The summed E-state index contributed by atoms with van der Waals surface area (Å²) in [7, 11) is 1.47. The zero-order chi connectivity index (χ0) is 73.5. The highest BCUT2D eigenvalue weighted by Gasteiger charge is 2.49. The molecule has 12 rings (SSSR count). The number of likely N-dealkylation sites (N-methyl/N-ethyl adjacent to an activating group) is 1. The molecule has 0 saturated carbocycles. The molecular weight excluding hydrogens is 1370 g/mol. The van der Waals surface area contributed by atoms with E-state index in [2.05, 4.69) is 37.2 Å². The van der Waals surface area contributed by atoms with Crippen molar-refractivity contribution in [2.24, 2.45) is 17.4 Å². The summed E-state index contributed by atoms with van der Waals surface area (Å²) in [6.45, 7) is 5.60. The number of carboxylic acid groups (broad SMARTS) is 1. The molecule has 101 heavy (non-hydrogen) atoms. The number of carbonyl (C=O) groups is 8. The molecule has 0 unspecified atom stereocenters. The second kappa shape index (κ2) is 30.2. The van der Waals surface area contributed by atoms with Crippen molar-refractivity contribution in [2.75, 3.05) is 13.7 Å². The van der Waals surface area contributed by atoms with Crippen LogP contribution in [0, 0.1) is 5.92 Å². The van der Waals surface area contributed by atoms with Gasteiger partial charge in [-0.05, 0) is 110 Å². The Morgan fingerprint density at radius 1 is 0.713 bits per heavy atom. The van der Waals surface area contributed by atoms with E-state index in [0.29, 0.717) is 0 Å². The van der Waals surface area contributed by atoms with Gasteiger partial charge in [-0.1, -0.05) is 55.2 Å². The quantitative estimate of drug-likeness (QED) is 0.0743. The van der Waals surface area contributed by atoms with E-state index in [9.17, 15) is 70.2 Å². The smallest absolute Gasteiger partial charge is 0.330 e. The van der Waals surface area contributed by atoms with Gasteiger partial charge >= 0.3 is 5.97 Å². The lowest BCUT2D eigenvalue weighted by molar-refractivity contribution is -0.277. The summed E-state index contributed by atoms with van der Waals surface area (Å²) >= 11 is 14.2. The first-order valence-corrected chi connectivity index (χ1v) is 32.4. The molecule has 33 nitrogen and oxygen atoms in total. The number of nitrogens with two attached hydrogens (primary N) is 2. The summed E-state index contributed by atoms with van der Waals surface area (Å²) in [5.74, 6) is -16.0. The van der Waals surface area contributed by atoms with Crippen LogP contribution in [0.1, 0.15) is 105 Å². The van der Waals surface area contributed by atoms with Crippen LogP contribution in [-0.4, -0.2) is 191 Å². The zero-order valence-electron chi connectivity index (χ0n) is 54.3. The van der Waals surface area contributed by atoms with E-state index in [1.54, 1.807) is 0 Å². The van der Waals surface area contributed by atoms with Crippen LogP contribution in [0.4, 0.5) is 0 Å². The number of hydrogen-bond donors (Lipinski definition) is 19. The number of hydrogen-bond acceptors (Lipinski definition) is 25. The highest BCUT2D eigenvalue weighted by molar-refractivity contribution is 6.32. The van der Waals surface area contributed by atoms with E-state index in [4.69, 9.17) is 63.1 Å². The standard InChI is InChI=1S/C66H75Cl2N9O24/c1-23(2)12-34(71-5)58(88)76-49-51(83)26-7-10-38(32(67)14-26)97-40-16-28-17-41(56(40)101-65-54(86)53(85)52(84)42(22-78)99-65)98-39-11-8-27(15-33(39)68)55(100-44-21-66(4,70)57(87)24(3)96-44)50-63(93)75-48(64(94)95)31-18-29(79)19-37(81)45(31)30-13-25(6-9-36(30)80)46(60(90)77-50)74-61(91)47(28)73-59(89)35(20-43(69)82)72-62(49)92/h6-11,13-19,23-24,34-35,42,44,46-55,57,65,71,78-81,83-87H,12,20-22,70H2,1-5H3,(H2,69,82)(H,72,92)(H,73,89)(H,74,91)(H,75,93)(H,76,88)(H,77,90)(H,94,95)/t24-,34+,35-,42+,44+,46+,47+,48-,49+,50-,51+,52+,53-,54+,55+,57-,65-,66-/m0/s1. The van der Waals surface area contributed by atoms with E-state index in [-0.39, 0.29) is 52.0 Å². The Labute approximate surface area is 584 Å². The number of carboxylic acids is 1. The van der Waals surface area contributed by atoms with Gasteiger partial charge in [0.1, 0.15) is 95.6 Å². The van der Waals surface area contributed by atoms with Crippen molar-refractivity contribution in [1.82, 2.24) is 37.2 Å². The summed E-state index contributed by atoms with van der Waals surface area (Å²) in [5, 5.41) is 129. The predicted octanol–water partition coefficient (Wildman–Crippen LogP) is 0.106. The normalized spacial score (nSPS) is 29.4. The summed E-state index contributed by atoms with van der Waals surface area (Å²) in [5.41, 5.74) is 8.15. The number of carbonyl (C=O) groups excluding carboxylic acids is 7. The third-order valence-corrected chi connectivity index (χ3v) is 18.4. The average molecular weight is 1450 g/mol. The highest BCUT2D eigenvalue weighted by Crippen LogP contribution is 2.50. The number of amides is 7. The van der Waals surface area contributed by atoms with Gasteiger partial charge in [0.15, 0.2) is 23.8 Å². The number of halogens is 2. The van der Waals surface area contributed by atoms with Crippen LogP contribution in [0.3, 0.4) is 0 Å². The Morgan fingerprint density at radius 3 is 1.93 bits per heavy atom. The first kappa shape index (κ1) is 74.5. The van der Waals surface area contributed by atoms with Crippen molar-refractivity contribution in [3.05, 3.63) is 117 Å². The van der Waals surface area contributed by atoms with Crippen molar-refractivity contribution in [2.45, 2.75) is 156 Å². The largest absolute Gasteiger partial charge is 0.508 e. The Hall–Kier alpha value is -9.20. The lowest BCUT2D eigenvalue weighted by atomic mass is 9.86. The molecule has 7 heterocycles. The predicted molar refractivity (Wildman–Crippen MR) is 349 cm³/mol. The lowest BCUT2D eigenvalue weighted by Gasteiger charge is -2.44. The maximum absolute atomic E-state index is 16.1. The van der Waals surface area contributed by atoms with E-state index >= 15 is 19.2 Å². The van der Waals surface area contributed by atoms with Crippen LogP contribution in [0.25, 0.3) is 11.1 Å². The number of rotatable bonds is 13. The number of aliphatic hydroxyl groups is 6. The number of phenols is 3. The molecular formula is C66H75Cl2N9O24. The second-order valence-corrected chi connectivity index (χ2v) is 26.5. The molecule has 5 aromatic rings. The molecule has 5 aromatic carbocycles. The second-order valence-electron chi connectivity index (χ2n) is 25.7. The number of phenolic OH excluding ortho intramolecular Hbond substituents is 3. The first-order valence-electron chi connectivity index (χ1n) is 31.6. The van der Waals surface area contributed by atoms with Crippen molar-refractivity contribution in [3.63, 3.8) is 0 Å². The Morgan fingerprint density at radius 2 is 1.33 bits per heavy atom. The number of nitrogens with one attached hydrogen (secondary N) is 7. The zero-order valence-corrected chi connectivity index (χ0v) is 55.8. The van der Waals surface area contributed by atoms with Crippen LogP contribution in [0.2, 0.25) is 10.0 Å². The molecule has 7 amide bonds. The number of aromatic hydroxyl groups is 3. The molecule has 7 aliphatic rings. The molecule has 0 radical (unpaired) electrons. The number of benzene rings is 5. The van der Waals surface area contributed by atoms with Gasteiger partial charge in [-0.3, -0.25) is 33.6 Å². The summed E-state index contributed by atoms with van der Waals surface area (Å²) < 4.78 is 38.0. The van der Waals surface area contributed by atoms with E-state index in [1.165, 1.54) is 45.2 Å². The molecule has 0 aromatic heterocycles. The van der Waals surface area contributed by atoms with Crippen LogP contribution in [0.15, 0.2) is 78.9 Å². The molecule has 2 fully saturated rings. The van der Waals surface area contributed by atoms with E-state index < -0.39 is 231 Å². The van der Waals surface area contributed by atoms with Crippen LogP contribution < -0.4 is 62.9 Å². The molecule has 7 aliphatic heterocycles. The van der Waals surface area contributed by atoms with Crippen molar-refractivity contribution in [3.8, 4) is 57.1 Å². The first-order chi connectivity index (χ1) is 47.7. The monoisotopic (exact) mass is 1450 g/mol. The molecule has 35 heteroatoms. The van der Waals surface area contributed by atoms with E-state index in [1.807, 2.05) is 13.8 Å². The van der Waals surface area contributed by atoms with Crippen LogP contribution >= 0.6 is 23.2 Å². The third kappa shape index (κ3) is 15.8. The van der Waals surface area contributed by atoms with Crippen molar-refractivity contribution >= 4 is 70.5 Å². The van der Waals surface area contributed by atoms with Gasteiger partial charge < -0.3 is 128 Å². The molecule has 2 saturated heterocycles. The fraction of sp³-hybridized carbons (Fsp3) is 0.424. The lowest BCUT2D eigenvalue weighted by Crippen LogP contribution is -2.61. The van der Waals surface area contributed by atoms with Crippen molar-refractivity contribution in [1.29, 1.82) is 0 Å². The van der Waals surface area contributed by atoms with Crippen molar-refractivity contribution < 1.29 is 118 Å². The van der Waals surface area contributed by atoms with Gasteiger partial charge in [-0.2, -0.15) is 0 Å². The van der Waals surface area contributed by atoms with Gasteiger partial charge in [-0.25, -0.2) is 4.79 Å². The number of aliphatic carboxylic acids is 1. The summed E-state index contributed by atoms with van der Waals surface area (Å²) in [6.07, 6.45) is -19.0. The molecule has 542 valence electrons. The Balaban J connectivity index is 1.26. The Bertz CT molecular complexity index is 4070.